The van der Waals surface area contributed by atoms with Crippen LogP contribution in [0.5, 0.6) is 0 Å². The quantitative estimate of drug-likeness (QED) is 0.308. The second kappa shape index (κ2) is 10.3. The van der Waals surface area contributed by atoms with Gasteiger partial charge >= 0.3 is 6.09 Å². The first-order chi connectivity index (χ1) is 16.0. The first kappa shape index (κ1) is 22.5. The summed E-state index contributed by atoms with van der Waals surface area (Å²) in [6.45, 7) is 4.82. The van der Waals surface area contributed by atoms with Crippen molar-refractivity contribution in [2.75, 3.05) is 13.2 Å². The Labute approximate surface area is 192 Å². The van der Waals surface area contributed by atoms with E-state index in [1.165, 1.54) is 0 Å². The minimum absolute atomic E-state index is 0.220. The van der Waals surface area contributed by atoms with E-state index < -0.39 is 12.1 Å². The summed E-state index contributed by atoms with van der Waals surface area (Å²) in [4.78, 5) is 31.9. The Morgan fingerprint density at radius 2 is 1.52 bits per heavy atom. The number of fused-ring (bicyclic) bond motifs is 2. The number of alkyl carbamates (subject to hydrolysis) is 1. The SMILES string of the molecule is CC(C)CNC(=O)[C@H](Cc1c[nH]c2ccccc12)NC(=O)OCCc1c[nH]c2ccccc12. The van der Waals surface area contributed by atoms with E-state index in [1.54, 1.807) is 0 Å². The molecule has 0 spiro atoms. The van der Waals surface area contributed by atoms with Crippen LogP contribution in [0.4, 0.5) is 4.79 Å². The Kier molecular flexibility index (Phi) is 6.98. The number of rotatable bonds is 9. The van der Waals surface area contributed by atoms with Gasteiger partial charge in [-0.2, -0.15) is 0 Å². The summed E-state index contributed by atoms with van der Waals surface area (Å²) in [6.07, 6.45) is 4.18. The molecule has 0 aliphatic heterocycles. The van der Waals surface area contributed by atoms with Crippen LogP contribution in [0.25, 0.3) is 21.8 Å². The van der Waals surface area contributed by atoms with Crippen molar-refractivity contribution in [1.29, 1.82) is 0 Å². The standard InChI is InChI=1S/C26H30N4O3/c1-17(2)14-29-25(31)24(13-19-16-28-23-10-6-4-8-21(19)23)30-26(32)33-12-11-18-15-27-22-9-5-3-7-20(18)22/h3-10,15-17,24,27-28H,11-14H2,1-2H3,(H,29,31)(H,30,32)/t24-/m0/s1. The van der Waals surface area contributed by atoms with Crippen molar-refractivity contribution in [3.05, 3.63) is 72.1 Å². The highest BCUT2D eigenvalue weighted by molar-refractivity contribution is 5.88. The van der Waals surface area contributed by atoms with E-state index in [9.17, 15) is 9.59 Å². The van der Waals surface area contributed by atoms with Crippen LogP contribution in [0.1, 0.15) is 25.0 Å². The molecular formula is C26H30N4O3. The highest BCUT2D eigenvalue weighted by Crippen LogP contribution is 2.20. The van der Waals surface area contributed by atoms with Crippen molar-refractivity contribution in [3.8, 4) is 0 Å². The van der Waals surface area contributed by atoms with Gasteiger partial charge in [-0.3, -0.25) is 4.79 Å². The van der Waals surface area contributed by atoms with Crippen molar-refractivity contribution < 1.29 is 14.3 Å². The maximum absolute atomic E-state index is 12.9. The lowest BCUT2D eigenvalue weighted by Crippen LogP contribution is -2.49. The third-order valence-electron chi connectivity index (χ3n) is 5.67. The van der Waals surface area contributed by atoms with E-state index in [2.05, 4.69) is 20.6 Å². The van der Waals surface area contributed by atoms with E-state index >= 15 is 0 Å². The molecule has 2 aromatic heterocycles. The summed E-state index contributed by atoms with van der Waals surface area (Å²) in [6, 6.07) is 15.2. The summed E-state index contributed by atoms with van der Waals surface area (Å²) in [5.74, 6) is 0.0911. The molecule has 0 saturated carbocycles. The van der Waals surface area contributed by atoms with E-state index in [1.807, 2.05) is 74.8 Å². The van der Waals surface area contributed by atoms with E-state index in [-0.39, 0.29) is 12.5 Å². The molecule has 33 heavy (non-hydrogen) atoms. The Balaban J connectivity index is 1.39. The molecule has 2 amide bonds. The number of aromatic amines is 2. The Hall–Kier alpha value is -3.74. The van der Waals surface area contributed by atoms with Crippen molar-refractivity contribution in [3.63, 3.8) is 0 Å². The minimum atomic E-state index is -0.733. The van der Waals surface area contributed by atoms with Gasteiger partial charge in [-0.1, -0.05) is 50.2 Å². The number of aromatic nitrogens is 2. The van der Waals surface area contributed by atoms with Gasteiger partial charge in [0.25, 0.3) is 0 Å². The number of carbonyl (C=O) groups is 2. The number of benzene rings is 2. The van der Waals surface area contributed by atoms with Crippen LogP contribution in [0.3, 0.4) is 0 Å². The first-order valence-corrected chi connectivity index (χ1v) is 11.3. The molecule has 172 valence electrons. The van der Waals surface area contributed by atoms with Gasteiger partial charge in [-0.15, -0.1) is 0 Å². The third-order valence-corrected chi connectivity index (χ3v) is 5.67. The van der Waals surface area contributed by atoms with E-state index in [0.29, 0.717) is 25.3 Å². The molecule has 4 rings (SSSR count). The van der Waals surface area contributed by atoms with Gasteiger partial charge in [0, 0.05) is 53.6 Å². The van der Waals surface area contributed by atoms with Gasteiger partial charge < -0.3 is 25.3 Å². The predicted octanol–water partition coefficient (Wildman–Crippen LogP) is 4.30. The summed E-state index contributed by atoms with van der Waals surface area (Å²) in [5, 5.41) is 7.84. The molecule has 0 unspecified atom stereocenters. The second-order valence-corrected chi connectivity index (χ2v) is 8.64. The molecule has 0 aliphatic carbocycles. The topological polar surface area (TPSA) is 99.0 Å². The fourth-order valence-corrected chi connectivity index (χ4v) is 3.93. The molecule has 0 aliphatic rings. The summed E-state index contributed by atoms with van der Waals surface area (Å²) in [5.41, 5.74) is 4.10. The number of ether oxygens (including phenoxy) is 1. The maximum Gasteiger partial charge on any atom is 0.407 e. The lowest BCUT2D eigenvalue weighted by molar-refractivity contribution is -0.123. The molecule has 2 heterocycles. The number of H-pyrrole nitrogens is 2. The number of hydrogen-bond acceptors (Lipinski definition) is 3. The Bertz CT molecular complexity index is 1240. The molecule has 0 fully saturated rings. The van der Waals surface area contributed by atoms with Crippen molar-refractivity contribution in [2.24, 2.45) is 5.92 Å². The van der Waals surface area contributed by atoms with Gasteiger partial charge in [-0.05, 0) is 29.2 Å². The van der Waals surface area contributed by atoms with Gasteiger partial charge in [0.15, 0.2) is 0 Å². The molecule has 0 bridgehead atoms. The zero-order valence-corrected chi connectivity index (χ0v) is 19.0. The summed E-state index contributed by atoms with van der Waals surface area (Å²) >= 11 is 0. The van der Waals surface area contributed by atoms with Gasteiger partial charge in [0.05, 0.1) is 6.61 Å². The van der Waals surface area contributed by atoms with Crippen LogP contribution in [-0.4, -0.2) is 41.2 Å². The average Bonchev–Trinajstić information content (AvgIpc) is 3.41. The molecule has 0 saturated heterocycles. The highest BCUT2D eigenvalue weighted by atomic mass is 16.5. The van der Waals surface area contributed by atoms with Crippen LogP contribution in [0, 0.1) is 5.92 Å². The largest absolute Gasteiger partial charge is 0.449 e. The summed E-state index contributed by atoms with van der Waals surface area (Å²) in [7, 11) is 0. The zero-order chi connectivity index (χ0) is 23.2. The number of para-hydroxylation sites is 2. The van der Waals surface area contributed by atoms with Gasteiger partial charge in [-0.25, -0.2) is 4.79 Å². The smallest absolute Gasteiger partial charge is 0.407 e. The minimum Gasteiger partial charge on any atom is -0.449 e. The van der Waals surface area contributed by atoms with E-state index in [0.717, 1.165) is 32.9 Å². The number of amides is 2. The Morgan fingerprint density at radius 3 is 2.18 bits per heavy atom. The van der Waals surface area contributed by atoms with Crippen molar-refractivity contribution in [2.45, 2.75) is 32.7 Å². The zero-order valence-electron chi connectivity index (χ0n) is 19.0. The number of hydrogen-bond donors (Lipinski definition) is 4. The molecule has 1 atom stereocenters. The first-order valence-electron chi connectivity index (χ1n) is 11.3. The second-order valence-electron chi connectivity index (χ2n) is 8.64. The molecule has 7 nitrogen and oxygen atoms in total. The Morgan fingerprint density at radius 1 is 0.909 bits per heavy atom. The molecule has 4 N–H and O–H groups in total. The van der Waals surface area contributed by atoms with Crippen LogP contribution in [0.2, 0.25) is 0 Å². The van der Waals surface area contributed by atoms with E-state index in [4.69, 9.17) is 4.74 Å². The number of carbonyl (C=O) groups excluding carboxylic acids is 2. The molecule has 0 radical (unpaired) electrons. The van der Waals surface area contributed by atoms with Crippen LogP contribution in [0.15, 0.2) is 60.9 Å². The molecular weight excluding hydrogens is 416 g/mol. The van der Waals surface area contributed by atoms with Crippen molar-refractivity contribution >= 4 is 33.8 Å². The fourth-order valence-electron chi connectivity index (χ4n) is 3.93. The monoisotopic (exact) mass is 446 g/mol. The number of nitrogens with one attached hydrogen (secondary N) is 4. The lowest BCUT2D eigenvalue weighted by Gasteiger charge is -2.19. The molecule has 7 heteroatoms. The summed E-state index contributed by atoms with van der Waals surface area (Å²) < 4.78 is 5.43. The van der Waals surface area contributed by atoms with Crippen molar-refractivity contribution in [1.82, 2.24) is 20.6 Å². The maximum atomic E-state index is 12.9. The van der Waals surface area contributed by atoms with Gasteiger partial charge in [0.1, 0.15) is 6.04 Å². The van der Waals surface area contributed by atoms with Gasteiger partial charge in [0.2, 0.25) is 5.91 Å². The van der Waals surface area contributed by atoms with Crippen LogP contribution in [-0.2, 0) is 22.4 Å². The third kappa shape index (κ3) is 5.55. The molecule has 2 aromatic carbocycles. The molecule has 4 aromatic rings. The van der Waals surface area contributed by atoms with Crippen LogP contribution >= 0.6 is 0 Å². The lowest BCUT2D eigenvalue weighted by atomic mass is 10.0. The highest BCUT2D eigenvalue weighted by Gasteiger charge is 2.23. The average molecular weight is 447 g/mol. The normalized spacial score (nSPS) is 12.2. The fraction of sp³-hybridized carbons (Fsp3) is 0.308. The predicted molar refractivity (Wildman–Crippen MR) is 130 cm³/mol. The van der Waals surface area contributed by atoms with Crippen LogP contribution < -0.4 is 10.6 Å².